The number of nitrogens with zero attached hydrogens (tertiary/aromatic N) is 1. The number of rotatable bonds is 9. The maximum absolute atomic E-state index is 12.5. The lowest BCUT2D eigenvalue weighted by molar-refractivity contribution is -0.129. The fourth-order valence-electron chi connectivity index (χ4n) is 3.61. The predicted molar refractivity (Wildman–Crippen MR) is 102 cm³/mol. The molecule has 1 saturated carbocycles. The normalized spacial score (nSPS) is 15.6. The Morgan fingerprint density at radius 1 is 1.20 bits per heavy atom. The van der Waals surface area contributed by atoms with Crippen LogP contribution in [0.15, 0.2) is 30.3 Å². The lowest BCUT2D eigenvalue weighted by Crippen LogP contribution is -2.50. The molecule has 5 nitrogen and oxygen atoms in total. The van der Waals surface area contributed by atoms with E-state index in [-0.39, 0.29) is 23.8 Å². The SMILES string of the molecule is CCN(CCCNC(=O)C(NC(C)=O)C1CCCC1)c1ccccc1. The number of carbonyl (C=O) groups is 2. The second kappa shape index (κ2) is 10.1. The summed E-state index contributed by atoms with van der Waals surface area (Å²) in [5, 5.41) is 5.86. The first-order chi connectivity index (χ1) is 12.1. The molecule has 0 aromatic heterocycles. The van der Waals surface area contributed by atoms with Gasteiger partial charge in [0.15, 0.2) is 0 Å². The molecule has 2 N–H and O–H groups in total. The molecule has 1 atom stereocenters. The van der Waals surface area contributed by atoms with Crippen molar-refractivity contribution < 1.29 is 9.59 Å². The second-order valence-electron chi connectivity index (χ2n) is 6.78. The van der Waals surface area contributed by atoms with Crippen LogP contribution < -0.4 is 15.5 Å². The third kappa shape index (κ3) is 6.07. The Hall–Kier alpha value is -2.04. The van der Waals surface area contributed by atoms with Crippen molar-refractivity contribution in [1.29, 1.82) is 0 Å². The van der Waals surface area contributed by atoms with Crippen molar-refractivity contribution in [3.63, 3.8) is 0 Å². The number of para-hydroxylation sites is 1. The van der Waals surface area contributed by atoms with E-state index in [1.54, 1.807) is 0 Å². The molecule has 0 radical (unpaired) electrons. The van der Waals surface area contributed by atoms with E-state index in [9.17, 15) is 9.59 Å². The van der Waals surface area contributed by atoms with Crippen LogP contribution in [-0.2, 0) is 9.59 Å². The van der Waals surface area contributed by atoms with Crippen molar-refractivity contribution >= 4 is 17.5 Å². The number of nitrogens with one attached hydrogen (secondary N) is 2. The molecule has 1 fully saturated rings. The summed E-state index contributed by atoms with van der Waals surface area (Å²) in [5.74, 6) is 0.110. The van der Waals surface area contributed by atoms with Crippen molar-refractivity contribution in [1.82, 2.24) is 10.6 Å². The highest BCUT2D eigenvalue weighted by atomic mass is 16.2. The molecule has 1 aromatic rings. The Balaban J connectivity index is 1.78. The molecule has 2 amide bonds. The van der Waals surface area contributed by atoms with Gasteiger partial charge in [-0.05, 0) is 44.2 Å². The van der Waals surface area contributed by atoms with E-state index in [0.29, 0.717) is 6.54 Å². The van der Waals surface area contributed by atoms with Crippen LogP contribution in [0.5, 0.6) is 0 Å². The molecule has 0 bridgehead atoms. The summed E-state index contributed by atoms with van der Waals surface area (Å²) in [6.07, 6.45) is 5.23. The molecule has 0 saturated heterocycles. The van der Waals surface area contributed by atoms with Gasteiger partial charge in [-0.3, -0.25) is 9.59 Å². The minimum atomic E-state index is -0.378. The van der Waals surface area contributed by atoms with Gasteiger partial charge in [0.1, 0.15) is 6.04 Å². The maximum Gasteiger partial charge on any atom is 0.242 e. The van der Waals surface area contributed by atoms with E-state index in [1.807, 2.05) is 18.2 Å². The molecule has 0 spiro atoms. The quantitative estimate of drug-likeness (QED) is 0.677. The van der Waals surface area contributed by atoms with E-state index in [1.165, 1.54) is 12.6 Å². The van der Waals surface area contributed by atoms with Crippen molar-refractivity contribution in [2.24, 2.45) is 5.92 Å². The van der Waals surface area contributed by atoms with Crippen LogP contribution in [0.2, 0.25) is 0 Å². The minimum Gasteiger partial charge on any atom is -0.372 e. The fraction of sp³-hybridized carbons (Fsp3) is 0.600. The summed E-state index contributed by atoms with van der Waals surface area (Å²) < 4.78 is 0. The molecule has 25 heavy (non-hydrogen) atoms. The lowest BCUT2D eigenvalue weighted by atomic mass is 9.97. The largest absolute Gasteiger partial charge is 0.372 e. The average molecular weight is 345 g/mol. The van der Waals surface area contributed by atoms with Gasteiger partial charge in [-0.1, -0.05) is 31.0 Å². The van der Waals surface area contributed by atoms with E-state index < -0.39 is 0 Å². The molecule has 1 aromatic carbocycles. The lowest BCUT2D eigenvalue weighted by Gasteiger charge is -2.25. The zero-order valence-corrected chi connectivity index (χ0v) is 15.5. The first-order valence-electron chi connectivity index (χ1n) is 9.46. The first-order valence-corrected chi connectivity index (χ1v) is 9.46. The van der Waals surface area contributed by atoms with Crippen LogP contribution >= 0.6 is 0 Å². The predicted octanol–water partition coefficient (Wildman–Crippen LogP) is 2.71. The van der Waals surface area contributed by atoms with Crippen molar-refractivity contribution in [3.05, 3.63) is 30.3 Å². The number of benzene rings is 1. The van der Waals surface area contributed by atoms with Crippen LogP contribution in [0.4, 0.5) is 5.69 Å². The Morgan fingerprint density at radius 2 is 1.88 bits per heavy atom. The fourth-order valence-corrected chi connectivity index (χ4v) is 3.61. The Kier molecular flexibility index (Phi) is 7.76. The molecule has 138 valence electrons. The summed E-state index contributed by atoms with van der Waals surface area (Å²) in [6.45, 7) is 6.08. The van der Waals surface area contributed by atoms with Gasteiger partial charge in [-0.25, -0.2) is 0 Å². The van der Waals surface area contributed by atoms with Gasteiger partial charge in [0.2, 0.25) is 11.8 Å². The Morgan fingerprint density at radius 3 is 2.48 bits per heavy atom. The van der Waals surface area contributed by atoms with Crippen molar-refractivity contribution in [2.45, 2.75) is 52.0 Å². The number of amides is 2. The molecule has 1 aliphatic rings. The minimum absolute atomic E-state index is 0.0372. The molecule has 0 heterocycles. The van der Waals surface area contributed by atoms with Gasteiger partial charge in [-0.2, -0.15) is 0 Å². The van der Waals surface area contributed by atoms with Crippen molar-refractivity contribution in [3.8, 4) is 0 Å². The number of hydrogen-bond acceptors (Lipinski definition) is 3. The van der Waals surface area contributed by atoms with E-state index in [0.717, 1.165) is 45.2 Å². The molecular weight excluding hydrogens is 314 g/mol. The average Bonchev–Trinajstić information content (AvgIpc) is 3.14. The van der Waals surface area contributed by atoms with Gasteiger partial charge in [-0.15, -0.1) is 0 Å². The van der Waals surface area contributed by atoms with Crippen LogP contribution in [0.1, 0.15) is 46.0 Å². The van der Waals surface area contributed by atoms with Gasteiger partial charge < -0.3 is 15.5 Å². The topological polar surface area (TPSA) is 61.4 Å². The summed E-state index contributed by atoms with van der Waals surface area (Å²) in [7, 11) is 0. The molecule has 2 rings (SSSR count). The Bertz CT molecular complexity index is 541. The summed E-state index contributed by atoms with van der Waals surface area (Å²) in [5.41, 5.74) is 1.21. The number of carbonyl (C=O) groups excluding carboxylic acids is 2. The van der Waals surface area contributed by atoms with Gasteiger partial charge in [0.25, 0.3) is 0 Å². The van der Waals surface area contributed by atoms with Gasteiger partial charge >= 0.3 is 0 Å². The summed E-state index contributed by atoms with van der Waals surface area (Å²) >= 11 is 0. The molecule has 5 heteroatoms. The summed E-state index contributed by atoms with van der Waals surface area (Å²) in [4.78, 5) is 26.2. The third-order valence-electron chi connectivity index (χ3n) is 4.92. The second-order valence-corrected chi connectivity index (χ2v) is 6.78. The van der Waals surface area contributed by atoms with E-state index >= 15 is 0 Å². The molecule has 1 aliphatic carbocycles. The zero-order valence-electron chi connectivity index (χ0n) is 15.5. The van der Waals surface area contributed by atoms with Crippen LogP contribution in [-0.4, -0.2) is 37.5 Å². The van der Waals surface area contributed by atoms with Crippen LogP contribution in [0, 0.1) is 5.92 Å². The highest BCUT2D eigenvalue weighted by Gasteiger charge is 2.30. The van der Waals surface area contributed by atoms with Crippen molar-refractivity contribution in [2.75, 3.05) is 24.5 Å². The standard InChI is InChI=1S/C20H31N3O2/c1-3-23(18-12-5-4-6-13-18)15-9-14-21-20(25)19(22-16(2)24)17-10-7-8-11-17/h4-6,12-13,17,19H,3,7-11,14-15H2,1-2H3,(H,21,25)(H,22,24). The number of hydrogen-bond donors (Lipinski definition) is 2. The smallest absolute Gasteiger partial charge is 0.242 e. The maximum atomic E-state index is 12.5. The first kappa shape index (κ1) is 19.3. The number of anilines is 1. The third-order valence-corrected chi connectivity index (χ3v) is 4.92. The monoisotopic (exact) mass is 345 g/mol. The Labute approximate surface area is 151 Å². The highest BCUT2D eigenvalue weighted by Crippen LogP contribution is 2.27. The van der Waals surface area contributed by atoms with Gasteiger partial charge in [0.05, 0.1) is 0 Å². The van der Waals surface area contributed by atoms with E-state index in [2.05, 4.69) is 34.6 Å². The molecule has 0 aliphatic heterocycles. The highest BCUT2D eigenvalue weighted by molar-refractivity contribution is 5.87. The summed E-state index contributed by atoms with van der Waals surface area (Å²) in [6, 6.07) is 9.93. The zero-order chi connectivity index (χ0) is 18.1. The molecular formula is C20H31N3O2. The van der Waals surface area contributed by atoms with E-state index in [4.69, 9.17) is 0 Å². The van der Waals surface area contributed by atoms with Crippen LogP contribution in [0.3, 0.4) is 0 Å². The molecule has 1 unspecified atom stereocenters. The van der Waals surface area contributed by atoms with Crippen LogP contribution in [0.25, 0.3) is 0 Å². The van der Waals surface area contributed by atoms with Gasteiger partial charge in [0, 0.05) is 32.2 Å².